The molecule has 1 heterocycles. The first-order valence-electron chi connectivity index (χ1n) is 7.39. The molecule has 1 unspecified atom stereocenters. The molecular formula is C16H20N4O3. The Labute approximate surface area is 134 Å². The Morgan fingerprint density at radius 3 is 2.65 bits per heavy atom. The van der Waals surface area contributed by atoms with E-state index in [1.807, 2.05) is 13.0 Å². The second kappa shape index (κ2) is 6.60. The molecule has 0 fully saturated rings. The van der Waals surface area contributed by atoms with Crippen LogP contribution < -0.4 is 5.32 Å². The van der Waals surface area contributed by atoms with Crippen molar-refractivity contribution in [1.29, 1.82) is 0 Å². The summed E-state index contributed by atoms with van der Waals surface area (Å²) in [5, 5.41) is 16.0. The Kier molecular flexibility index (Phi) is 4.78. The van der Waals surface area contributed by atoms with Crippen LogP contribution in [-0.2, 0) is 4.79 Å². The van der Waals surface area contributed by atoms with E-state index < -0.39 is 17.4 Å². The molecule has 0 aliphatic heterocycles. The summed E-state index contributed by atoms with van der Waals surface area (Å²) in [5.74, 6) is -1.43. The number of hydrogen-bond acceptors (Lipinski definition) is 4. The van der Waals surface area contributed by atoms with E-state index in [0.29, 0.717) is 18.4 Å². The van der Waals surface area contributed by atoms with Gasteiger partial charge in [0.05, 0.1) is 5.69 Å². The van der Waals surface area contributed by atoms with Gasteiger partial charge in [0, 0.05) is 5.56 Å². The highest BCUT2D eigenvalue weighted by Gasteiger charge is 2.34. The summed E-state index contributed by atoms with van der Waals surface area (Å²) >= 11 is 0. The van der Waals surface area contributed by atoms with Gasteiger partial charge in [0.2, 0.25) is 0 Å². The van der Waals surface area contributed by atoms with Crippen molar-refractivity contribution in [3.8, 4) is 5.69 Å². The normalized spacial score (nSPS) is 13.3. The van der Waals surface area contributed by atoms with E-state index in [1.54, 1.807) is 30.1 Å². The molecule has 0 saturated heterocycles. The standard InChI is InChI=1S/C16H20N4O3/c1-4-7-16(3,15(22)23)19-14(21)13-6-5-12(8-11(13)2)20-10-17-9-18-20/h5-6,8-10H,4,7H2,1-3H3,(H,19,21)(H,22,23). The van der Waals surface area contributed by atoms with Crippen molar-refractivity contribution in [3.05, 3.63) is 42.0 Å². The summed E-state index contributed by atoms with van der Waals surface area (Å²) in [7, 11) is 0. The molecule has 1 aromatic heterocycles. The Morgan fingerprint density at radius 2 is 2.13 bits per heavy atom. The lowest BCUT2D eigenvalue weighted by Gasteiger charge is -2.26. The molecular weight excluding hydrogens is 296 g/mol. The molecule has 2 aromatic rings. The third-order valence-corrected chi connectivity index (χ3v) is 3.75. The van der Waals surface area contributed by atoms with Crippen LogP contribution in [0.15, 0.2) is 30.9 Å². The van der Waals surface area contributed by atoms with Crippen LogP contribution in [0.1, 0.15) is 42.6 Å². The van der Waals surface area contributed by atoms with Gasteiger partial charge in [0.15, 0.2) is 0 Å². The highest BCUT2D eigenvalue weighted by atomic mass is 16.4. The fraction of sp³-hybridized carbons (Fsp3) is 0.375. The number of aryl methyl sites for hydroxylation is 1. The van der Waals surface area contributed by atoms with E-state index in [-0.39, 0.29) is 0 Å². The number of hydrogen-bond donors (Lipinski definition) is 2. The van der Waals surface area contributed by atoms with Crippen molar-refractivity contribution in [3.63, 3.8) is 0 Å². The highest BCUT2D eigenvalue weighted by Crippen LogP contribution is 2.17. The third kappa shape index (κ3) is 3.56. The van der Waals surface area contributed by atoms with Crippen molar-refractivity contribution in [1.82, 2.24) is 20.1 Å². The number of nitrogens with one attached hydrogen (secondary N) is 1. The molecule has 122 valence electrons. The molecule has 0 radical (unpaired) electrons. The number of nitrogens with zero attached hydrogens (tertiary/aromatic N) is 3. The topological polar surface area (TPSA) is 97.1 Å². The van der Waals surface area contributed by atoms with Crippen LogP contribution in [0.4, 0.5) is 0 Å². The van der Waals surface area contributed by atoms with Gasteiger partial charge in [-0.25, -0.2) is 14.5 Å². The molecule has 7 nitrogen and oxygen atoms in total. The monoisotopic (exact) mass is 316 g/mol. The van der Waals surface area contributed by atoms with Gasteiger partial charge in [-0.05, 0) is 44.0 Å². The molecule has 7 heteroatoms. The van der Waals surface area contributed by atoms with Gasteiger partial charge in [0.1, 0.15) is 18.2 Å². The fourth-order valence-electron chi connectivity index (χ4n) is 2.43. The van der Waals surface area contributed by atoms with E-state index >= 15 is 0 Å². The number of aromatic nitrogens is 3. The SMILES string of the molecule is CCCC(C)(NC(=O)c1ccc(-n2cncn2)cc1C)C(=O)O. The molecule has 2 N–H and O–H groups in total. The van der Waals surface area contributed by atoms with Crippen LogP contribution in [-0.4, -0.2) is 37.3 Å². The van der Waals surface area contributed by atoms with Gasteiger partial charge in [0.25, 0.3) is 5.91 Å². The second-order valence-corrected chi connectivity index (χ2v) is 5.68. The maximum atomic E-state index is 12.4. The lowest BCUT2D eigenvalue weighted by atomic mass is 9.95. The first kappa shape index (κ1) is 16.7. The summed E-state index contributed by atoms with van der Waals surface area (Å²) in [4.78, 5) is 27.8. The summed E-state index contributed by atoms with van der Waals surface area (Å²) in [6, 6.07) is 5.21. The molecule has 1 amide bonds. The number of aliphatic carboxylic acids is 1. The molecule has 0 saturated carbocycles. The number of carboxylic acids is 1. The zero-order valence-electron chi connectivity index (χ0n) is 13.4. The molecule has 2 rings (SSSR count). The van der Waals surface area contributed by atoms with Crippen molar-refractivity contribution >= 4 is 11.9 Å². The summed E-state index contributed by atoms with van der Waals surface area (Å²) in [6.45, 7) is 5.20. The minimum Gasteiger partial charge on any atom is -0.480 e. The summed E-state index contributed by atoms with van der Waals surface area (Å²) < 4.78 is 1.59. The second-order valence-electron chi connectivity index (χ2n) is 5.68. The van der Waals surface area contributed by atoms with Crippen molar-refractivity contribution < 1.29 is 14.7 Å². The molecule has 0 bridgehead atoms. The third-order valence-electron chi connectivity index (χ3n) is 3.75. The largest absolute Gasteiger partial charge is 0.480 e. The van der Waals surface area contributed by atoms with Gasteiger partial charge >= 0.3 is 5.97 Å². The number of amides is 1. The highest BCUT2D eigenvalue weighted by molar-refractivity contribution is 5.99. The van der Waals surface area contributed by atoms with Gasteiger partial charge < -0.3 is 10.4 Å². The molecule has 0 aliphatic carbocycles. The lowest BCUT2D eigenvalue weighted by molar-refractivity contribution is -0.144. The molecule has 23 heavy (non-hydrogen) atoms. The zero-order chi connectivity index (χ0) is 17.0. The minimum atomic E-state index is -1.27. The molecule has 1 aromatic carbocycles. The van der Waals surface area contributed by atoms with Gasteiger partial charge in [-0.1, -0.05) is 13.3 Å². The average Bonchev–Trinajstić information content (AvgIpc) is 3.01. The number of carboxylic acid groups (broad SMARTS) is 1. The first-order valence-corrected chi connectivity index (χ1v) is 7.39. The van der Waals surface area contributed by atoms with E-state index in [0.717, 1.165) is 11.3 Å². The zero-order valence-corrected chi connectivity index (χ0v) is 13.4. The quantitative estimate of drug-likeness (QED) is 0.849. The molecule has 0 spiro atoms. The number of rotatable bonds is 6. The molecule has 1 atom stereocenters. The van der Waals surface area contributed by atoms with Gasteiger partial charge in [-0.3, -0.25) is 4.79 Å². The number of carbonyl (C=O) groups excluding carboxylic acids is 1. The number of benzene rings is 1. The van der Waals surface area contributed by atoms with E-state index in [2.05, 4.69) is 15.4 Å². The minimum absolute atomic E-state index is 0.365. The maximum absolute atomic E-state index is 12.4. The van der Waals surface area contributed by atoms with Crippen molar-refractivity contribution in [2.24, 2.45) is 0 Å². The predicted molar refractivity (Wildman–Crippen MR) is 84.5 cm³/mol. The molecule has 0 aliphatic rings. The number of carbonyl (C=O) groups is 2. The van der Waals surface area contributed by atoms with E-state index in [1.165, 1.54) is 13.3 Å². The smallest absolute Gasteiger partial charge is 0.329 e. The lowest BCUT2D eigenvalue weighted by Crippen LogP contribution is -2.52. The van der Waals surface area contributed by atoms with Crippen LogP contribution in [0.5, 0.6) is 0 Å². The van der Waals surface area contributed by atoms with E-state index in [4.69, 9.17) is 0 Å². The van der Waals surface area contributed by atoms with Gasteiger partial charge in [-0.2, -0.15) is 5.10 Å². The van der Waals surface area contributed by atoms with Crippen LogP contribution in [0.3, 0.4) is 0 Å². The summed E-state index contributed by atoms with van der Waals surface area (Å²) in [5.41, 5.74) is 0.686. The maximum Gasteiger partial charge on any atom is 0.329 e. The van der Waals surface area contributed by atoms with E-state index in [9.17, 15) is 14.7 Å². The van der Waals surface area contributed by atoms with Gasteiger partial charge in [-0.15, -0.1) is 0 Å². The van der Waals surface area contributed by atoms with Crippen LogP contribution >= 0.6 is 0 Å². The average molecular weight is 316 g/mol. The van der Waals surface area contributed by atoms with Crippen LogP contribution in [0.25, 0.3) is 5.69 Å². The first-order chi connectivity index (χ1) is 10.9. The Morgan fingerprint density at radius 1 is 1.39 bits per heavy atom. The van der Waals surface area contributed by atoms with Crippen LogP contribution in [0, 0.1) is 6.92 Å². The Bertz CT molecular complexity index is 712. The fourth-order valence-corrected chi connectivity index (χ4v) is 2.43. The van der Waals surface area contributed by atoms with Crippen molar-refractivity contribution in [2.45, 2.75) is 39.2 Å². The predicted octanol–water partition coefficient (Wildman–Crippen LogP) is 1.95. The Balaban J connectivity index is 2.24. The van der Waals surface area contributed by atoms with Crippen LogP contribution in [0.2, 0.25) is 0 Å². The summed E-state index contributed by atoms with van der Waals surface area (Å²) in [6.07, 6.45) is 4.02. The Hall–Kier alpha value is -2.70. The van der Waals surface area contributed by atoms with Crippen molar-refractivity contribution in [2.75, 3.05) is 0 Å².